The maximum atomic E-state index is 5.16. The van der Waals surface area contributed by atoms with Gasteiger partial charge in [0.05, 0.1) is 6.61 Å². The van der Waals surface area contributed by atoms with Crippen molar-refractivity contribution < 1.29 is 4.74 Å². The molecule has 1 unspecified atom stereocenters. The lowest BCUT2D eigenvalue weighted by molar-refractivity contribution is 0.120. The molecule has 0 saturated heterocycles. The van der Waals surface area contributed by atoms with Gasteiger partial charge in [0.1, 0.15) is 0 Å². The Kier molecular flexibility index (Phi) is 9.99. The molecule has 0 aromatic heterocycles. The third kappa shape index (κ3) is 7.20. The number of likely N-dealkylation sites (N-methyl/N-ethyl adjacent to an activating group) is 1. The maximum Gasteiger partial charge on any atom is 0.0589 e. The van der Waals surface area contributed by atoms with E-state index < -0.39 is 0 Å². The fourth-order valence-corrected chi connectivity index (χ4v) is 1.95. The summed E-state index contributed by atoms with van der Waals surface area (Å²) in [7, 11) is 1.77. The van der Waals surface area contributed by atoms with Gasteiger partial charge in [-0.1, -0.05) is 20.3 Å². The van der Waals surface area contributed by atoms with Crippen molar-refractivity contribution in [2.24, 2.45) is 0 Å². The second-order valence-corrected chi connectivity index (χ2v) is 4.62. The van der Waals surface area contributed by atoms with Crippen molar-refractivity contribution in [3.63, 3.8) is 0 Å². The van der Waals surface area contributed by atoms with Gasteiger partial charge in [0.2, 0.25) is 0 Å². The smallest absolute Gasteiger partial charge is 0.0589 e. The Morgan fingerprint density at radius 3 is 2.38 bits per heavy atom. The van der Waals surface area contributed by atoms with Gasteiger partial charge >= 0.3 is 0 Å². The van der Waals surface area contributed by atoms with Crippen molar-refractivity contribution in [3.05, 3.63) is 0 Å². The van der Waals surface area contributed by atoms with Crippen molar-refractivity contribution in [3.8, 4) is 0 Å². The van der Waals surface area contributed by atoms with Crippen molar-refractivity contribution in [1.82, 2.24) is 10.2 Å². The average Bonchev–Trinajstić information content (AvgIpc) is 2.24. The fraction of sp³-hybridized carbons (Fsp3) is 1.00. The lowest BCUT2D eigenvalue weighted by Crippen LogP contribution is -2.45. The lowest BCUT2D eigenvalue weighted by Gasteiger charge is -2.30. The molecule has 1 atom stereocenters. The van der Waals surface area contributed by atoms with Crippen molar-refractivity contribution in [2.75, 3.05) is 33.4 Å². The van der Waals surface area contributed by atoms with Crippen LogP contribution in [0.15, 0.2) is 0 Å². The molecule has 98 valence electrons. The summed E-state index contributed by atoms with van der Waals surface area (Å²) in [6, 6.07) is 1.21. The van der Waals surface area contributed by atoms with E-state index in [0.717, 1.165) is 26.2 Å². The van der Waals surface area contributed by atoms with Crippen LogP contribution in [0.2, 0.25) is 0 Å². The van der Waals surface area contributed by atoms with Crippen molar-refractivity contribution in [1.29, 1.82) is 0 Å². The minimum Gasteiger partial charge on any atom is -0.383 e. The van der Waals surface area contributed by atoms with E-state index >= 15 is 0 Å². The molecule has 0 heterocycles. The number of rotatable bonds is 10. The first-order chi connectivity index (χ1) is 7.65. The molecular formula is C13H30N2O. The lowest BCUT2D eigenvalue weighted by atomic mass is 10.1. The highest BCUT2D eigenvalue weighted by Gasteiger charge is 2.14. The minimum absolute atomic E-state index is 0.591. The monoisotopic (exact) mass is 230 g/mol. The second kappa shape index (κ2) is 10.1. The largest absolute Gasteiger partial charge is 0.383 e. The van der Waals surface area contributed by atoms with Gasteiger partial charge in [-0.25, -0.2) is 0 Å². The standard InChI is InChI=1S/C13H30N2O/c1-6-8-13(14-7-2)11-15(12(3)4)9-10-16-5/h12-14H,6-11H2,1-5H3. The van der Waals surface area contributed by atoms with E-state index in [-0.39, 0.29) is 0 Å². The van der Waals surface area contributed by atoms with Gasteiger partial charge in [0.15, 0.2) is 0 Å². The van der Waals surface area contributed by atoms with Crippen LogP contribution in [0, 0.1) is 0 Å². The molecule has 0 aliphatic carbocycles. The summed E-state index contributed by atoms with van der Waals surface area (Å²) in [5, 5.41) is 3.56. The van der Waals surface area contributed by atoms with Gasteiger partial charge in [-0.15, -0.1) is 0 Å². The molecule has 3 heteroatoms. The number of hydrogen-bond donors (Lipinski definition) is 1. The molecule has 16 heavy (non-hydrogen) atoms. The summed E-state index contributed by atoms with van der Waals surface area (Å²) < 4.78 is 5.16. The first kappa shape index (κ1) is 15.9. The number of nitrogens with zero attached hydrogens (tertiary/aromatic N) is 1. The van der Waals surface area contributed by atoms with Crippen LogP contribution in [-0.4, -0.2) is 50.3 Å². The topological polar surface area (TPSA) is 24.5 Å². The zero-order chi connectivity index (χ0) is 12.4. The highest BCUT2D eigenvalue weighted by Crippen LogP contribution is 2.04. The average molecular weight is 230 g/mol. The van der Waals surface area contributed by atoms with Crippen LogP contribution in [0.1, 0.15) is 40.5 Å². The van der Waals surface area contributed by atoms with Crippen LogP contribution in [0.5, 0.6) is 0 Å². The predicted octanol–water partition coefficient (Wildman–Crippen LogP) is 2.12. The van der Waals surface area contributed by atoms with Gasteiger partial charge in [-0.05, 0) is 26.8 Å². The van der Waals surface area contributed by atoms with Gasteiger partial charge in [-0.3, -0.25) is 4.90 Å². The Balaban J connectivity index is 4.09. The van der Waals surface area contributed by atoms with Gasteiger partial charge in [0, 0.05) is 32.3 Å². The van der Waals surface area contributed by atoms with E-state index in [4.69, 9.17) is 4.74 Å². The van der Waals surface area contributed by atoms with Crippen molar-refractivity contribution in [2.45, 2.75) is 52.6 Å². The molecular weight excluding hydrogens is 200 g/mol. The molecule has 0 rings (SSSR count). The Morgan fingerprint density at radius 1 is 1.25 bits per heavy atom. The molecule has 0 aromatic rings. The van der Waals surface area contributed by atoms with Crippen LogP contribution < -0.4 is 5.32 Å². The molecule has 0 spiro atoms. The van der Waals surface area contributed by atoms with E-state index in [2.05, 4.69) is 37.9 Å². The Morgan fingerprint density at radius 2 is 1.94 bits per heavy atom. The summed E-state index contributed by atoms with van der Waals surface area (Å²) >= 11 is 0. The van der Waals surface area contributed by atoms with E-state index in [0.29, 0.717) is 12.1 Å². The molecule has 0 saturated carbocycles. The predicted molar refractivity (Wildman–Crippen MR) is 71.0 cm³/mol. The first-order valence-corrected chi connectivity index (χ1v) is 6.62. The molecule has 0 aliphatic rings. The first-order valence-electron chi connectivity index (χ1n) is 6.62. The zero-order valence-electron chi connectivity index (χ0n) is 11.8. The summed E-state index contributed by atoms with van der Waals surface area (Å²) in [5.41, 5.74) is 0. The van der Waals surface area contributed by atoms with E-state index in [9.17, 15) is 0 Å². The molecule has 0 amide bonds. The Bertz CT molecular complexity index is 145. The van der Waals surface area contributed by atoms with Gasteiger partial charge < -0.3 is 10.1 Å². The normalized spacial score (nSPS) is 13.7. The highest BCUT2D eigenvalue weighted by atomic mass is 16.5. The SMILES string of the molecule is CCCC(CN(CCOC)C(C)C)NCC. The molecule has 0 radical (unpaired) electrons. The molecule has 0 fully saturated rings. The quantitative estimate of drug-likeness (QED) is 0.622. The van der Waals surface area contributed by atoms with Crippen LogP contribution in [-0.2, 0) is 4.74 Å². The van der Waals surface area contributed by atoms with Gasteiger partial charge in [0.25, 0.3) is 0 Å². The van der Waals surface area contributed by atoms with Crippen LogP contribution in [0.3, 0.4) is 0 Å². The summed E-state index contributed by atoms with van der Waals surface area (Å²) in [6.07, 6.45) is 2.50. The molecule has 3 nitrogen and oxygen atoms in total. The summed E-state index contributed by atoms with van der Waals surface area (Å²) in [6.45, 7) is 13.0. The van der Waals surface area contributed by atoms with E-state index in [1.165, 1.54) is 12.8 Å². The van der Waals surface area contributed by atoms with Crippen LogP contribution in [0.25, 0.3) is 0 Å². The van der Waals surface area contributed by atoms with E-state index in [1.54, 1.807) is 7.11 Å². The summed E-state index contributed by atoms with van der Waals surface area (Å²) in [5.74, 6) is 0. The number of hydrogen-bond acceptors (Lipinski definition) is 3. The van der Waals surface area contributed by atoms with Crippen molar-refractivity contribution >= 4 is 0 Å². The van der Waals surface area contributed by atoms with Gasteiger partial charge in [-0.2, -0.15) is 0 Å². The molecule has 0 bridgehead atoms. The molecule has 0 aliphatic heterocycles. The molecule has 0 aromatic carbocycles. The third-order valence-electron chi connectivity index (χ3n) is 2.90. The number of nitrogens with one attached hydrogen (secondary N) is 1. The summed E-state index contributed by atoms with van der Waals surface area (Å²) in [4.78, 5) is 2.49. The minimum atomic E-state index is 0.591. The maximum absolute atomic E-state index is 5.16. The molecule has 1 N–H and O–H groups in total. The zero-order valence-corrected chi connectivity index (χ0v) is 11.8. The Labute approximate surface area is 102 Å². The van der Waals surface area contributed by atoms with Crippen LogP contribution in [0.4, 0.5) is 0 Å². The number of ether oxygens (including phenoxy) is 1. The number of methoxy groups -OCH3 is 1. The van der Waals surface area contributed by atoms with E-state index in [1.807, 2.05) is 0 Å². The highest BCUT2D eigenvalue weighted by molar-refractivity contribution is 4.73. The second-order valence-electron chi connectivity index (χ2n) is 4.62. The Hall–Kier alpha value is -0.120. The third-order valence-corrected chi connectivity index (χ3v) is 2.90. The fourth-order valence-electron chi connectivity index (χ4n) is 1.95. The van der Waals surface area contributed by atoms with Crippen LogP contribution >= 0.6 is 0 Å².